The minimum absolute atomic E-state index is 0.0456. The standard InChI is InChI=1S/C40H35BrN8O5/c41-29-13-16-34(43-21-29)35-19-31(54-45-35)23-47-25-38(51)48-36(18-26-11-14-30(50)15-12-26)39(52)46(22-28-8-4-10-33-32(28)9-5-17-42-33)24-37(48)49(47)40(53)44-20-27-6-2-1-3-7-27/h1-17,19,21,36-37,50H,18,20,22-25H2,(H,44,53)/t36-,37-/m0/s1. The Morgan fingerprint density at radius 1 is 0.889 bits per heavy atom. The fourth-order valence-corrected chi connectivity index (χ4v) is 7.34. The number of benzene rings is 3. The average molecular weight is 788 g/mol. The van der Waals surface area contributed by atoms with Gasteiger partial charge in [-0.2, -0.15) is 5.01 Å². The lowest BCUT2D eigenvalue weighted by molar-refractivity contribution is -0.193. The molecule has 2 atom stereocenters. The monoisotopic (exact) mass is 786 g/mol. The summed E-state index contributed by atoms with van der Waals surface area (Å²) in [4.78, 5) is 55.5. The van der Waals surface area contributed by atoms with Gasteiger partial charge in [0, 0.05) is 47.8 Å². The Balaban J connectivity index is 1.16. The second kappa shape index (κ2) is 15.1. The Kier molecular flexibility index (Phi) is 9.76. The van der Waals surface area contributed by atoms with Gasteiger partial charge in [-0.1, -0.05) is 65.8 Å². The molecule has 2 fully saturated rings. The van der Waals surface area contributed by atoms with E-state index in [-0.39, 0.29) is 56.7 Å². The van der Waals surface area contributed by atoms with E-state index in [0.717, 1.165) is 32.1 Å². The van der Waals surface area contributed by atoms with Gasteiger partial charge in [-0.25, -0.2) is 9.80 Å². The van der Waals surface area contributed by atoms with Gasteiger partial charge >= 0.3 is 6.03 Å². The molecule has 2 aliphatic rings. The first kappa shape index (κ1) is 34.9. The molecule has 0 aliphatic carbocycles. The summed E-state index contributed by atoms with van der Waals surface area (Å²) in [5, 5.41) is 21.3. The van der Waals surface area contributed by atoms with Crippen molar-refractivity contribution in [1.82, 2.24) is 40.3 Å². The van der Waals surface area contributed by atoms with Gasteiger partial charge in [0.25, 0.3) is 0 Å². The zero-order valence-electron chi connectivity index (χ0n) is 29.0. The second-order valence-corrected chi connectivity index (χ2v) is 14.1. The van der Waals surface area contributed by atoms with Crippen LogP contribution in [0, 0.1) is 0 Å². The van der Waals surface area contributed by atoms with Crippen LogP contribution in [-0.2, 0) is 35.6 Å². The molecule has 2 N–H and O–H groups in total. The summed E-state index contributed by atoms with van der Waals surface area (Å²) < 4.78 is 6.55. The van der Waals surface area contributed by atoms with Crippen LogP contribution < -0.4 is 5.32 Å². The zero-order valence-corrected chi connectivity index (χ0v) is 30.5. The van der Waals surface area contributed by atoms with Crippen LogP contribution in [0.1, 0.15) is 22.5 Å². The third kappa shape index (κ3) is 7.25. The van der Waals surface area contributed by atoms with E-state index < -0.39 is 18.2 Å². The summed E-state index contributed by atoms with van der Waals surface area (Å²) in [6.45, 7) is 0.375. The lowest BCUT2D eigenvalue weighted by Gasteiger charge is -2.55. The number of nitrogens with zero attached hydrogens (tertiary/aromatic N) is 7. The third-order valence-corrected chi connectivity index (χ3v) is 10.1. The summed E-state index contributed by atoms with van der Waals surface area (Å²) in [6.07, 6.45) is 2.70. The predicted octanol–water partition coefficient (Wildman–Crippen LogP) is 5.50. The van der Waals surface area contributed by atoms with E-state index in [0.29, 0.717) is 17.1 Å². The van der Waals surface area contributed by atoms with Crippen molar-refractivity contribution in [1.29, 1.82) is 0 Å². The first-order valence-corrected chi connectivity index (χ1v) is 18.2. The van der Waals surface area contributed by atoms with Gasteiger partial charge in [0.15, 0.2) is 5.76 Å². The normalized spacial score (nSPS) is 17.5. The first-order valence-electron chi connectivity index (χ1n) is 17.4. The van der Waals surface area contributed by atoms with Crippen molar-refractivity contribution in [2.75, 3.05) is 13.1 Å². The zero-order chi connectivity index (χ0) is 37.2. The Hall–Kier alpha value is -6.12. The van der Waals surface area contributed by atoms with E-state index in [1.165, 1.54) is 0 Å². The van der Waals surface area contributed by atoms with Crippen LogP contribution in [0.15, 0.2) is 125 Å². The van der Waals surface area contributed by atoms with Crippen LogP contribution in [0.25, 0.3) is 22.3 Å². The number of hydrogen-bond donors (Lipinski definition) is 2. The Labute approximate surface area is 318 Å². The number of aromatic nitrogens is 3. The molecule has 4 amide bonds. The van der Waals surface area contributed by atoms with Crippen molar-refractivity contribution in [3.05, 3.63) is 142 Å². The van der Waals surface area contributed by atoms with E-state index in [1.807, 2.05) is 72.8 Å². The Bertz CT molecular complexity index is 2300. The van der Waals surface area contributed by atoms with Crippen LogP contribution >= 0.6 is 15.9 Å². The number of aromatic hydroxyl groups is 1. The molecule has 0 saturated carbocycles. The van der Waals surface area contributed by atoms with Gasteiger partial charge < -0.3 is 24.7 Å². The first-order chi connectivity index (χ1) is 26.3. The summed E-state index contributed by atoms with van der Waals surface area (Å²) in [7, 11) is 0. The van der Waals surface area contributed by atoms with Crippen molar-refractivity contribution < 1.29 is 24.0 Å². The molecule has 0 spiro atoms. The maximum absolute atomic E-state index is 14.6. The molecule has 0 unspecified atom stereocenters. The molecule has 14 heteroatoms. The Morgan fingerprint density at radius 2 is 1.72 bits per heavy atom. The molecule has 3 aromatic heterocycles. The van der Waals surface area contributed by atoms with Crippen LogP contribution in [0.4, 0.5) is 4.79 Å². The molecule has 3 aromatic carbocycles. The average Bonchev–Trinajstić information content (AvgIpc) is 3.65. The van der Waals surface area contributed by atoms with Crippen molar-refractivity contribution in [3.63, 3.8) is 0 Å². The largest absolute Gasteiger partial charge is 0.508 e. The summed E-state index contributed by atoms with van der Waals surface area (Å²) in [5.41, 5.74) is 4.46. The minimum atomic E-state index is -0.930. The van der Waals surface area contributed by atoms with Gasteiger partial charge in [-0.05, 0) is 69.0 Å². The highest BCUT2D eigenvalue weighted by molar-refractivity contribution is 9.10. The highest BCUT2D eigenvalue weighted by Gasteiger charge is 2.51. The number of rotatable bonds is 9. The van der Waals surface area contributed by atoms with Gasteiger partial charge in [0.1, 0.15) is 23.7 Å². The number of carbonyl (C=O) groups is 3. The van der Waals surface area contributed by atoms with Gasteiger partial charge in [0.05, 0.1) is 30.8 Å². The molecule has 2 saturated heterocycles. The number of hydrogen-bond acceptors (Lipinski definition) is 9. The van der Waals surface area contributed by atoms with Crippen LogP contribution in [0.5, 0.6) is 5.75 Å². The quantitative estimate of drug-likeness (QED) is 0.194. The number of amides is 4. The number of phenolic OH excluding ortho intramolecular Hbond substituents is 1. The lowest BCUT2D eigenvalue weighted by Crippen LogP contribution is -2.76. The molecule has 13 nitrogen and oxygen atoms in total. The third-order valence-electron chi connectivity index (χ3n) is 9.67. The molecule has 5 heterocycles. The van der Waals surface area contributed by atoms with Crippen molar-refractivity contribution in [3.8, 4) is 17.1 Å². The number of piperazine rings is 1. The highest BCUT2D eigenvalue weighted by Crippen LogP contribution is 2.32. The minimum Gasteiger partial charge on any atom is -0.508 e. The van der Waals surface area contributed by atoms with Gasteiger partial charge in [0.2, 0.25) is 11.8 Å². The van der Waals surface area contributed by atoms with Gasteiger partial charge in [-0.3, -0.25) is 19.6 Å². The molecule has 6 aromatic rings. The number of pyridine rings is 2. The number of carbonyl (C=O) groups excluding carboxylic acids is 3. The fraction of sp³-hybridized carbons (Fsp3) is 0.200. The van der Waals surface area contributed by atoms with E-state index in [9.17, 15) is 19.5 Å². The Morgan fingerprint density at radius 3 is 2.52 bits per heavy atom. The number of hydrazine groups is 1. The maximum atomic E-state index is 14.6. The van der Waals surface area contributed by atoms with E-state index in [1.54, 1.807) is 62.5 Å². The van der Waals surface area contributed by atoms with Crippen molar-refractivity contribution in [2.45, 2.75) is 38.3 Å². The molecule has 272 valence electrons. The maximum Gasteiger partial charge on any atom is 0.334 e. The van der Waals surface area contributed by atoms with E-state index in [4.69, 9.17) is 4.52 Å². The van der Waals surface area contributed by atoms with Crippen LogP contribution in [0.3, 0.4) is 0 Å². The number of phenols is 1. The molecule has 2 aliphatic heterocycles. The van der Waals surface area contributed by atoms with E-state index >= 15 is 0 Å². The second-order valence-electron chi connectivity index (χ2n) is 13.2. The number of fused-ring (bicyclic) bond motifs is 2. The molecule has 54 heavy (non-hydrogen) atoms. The molecular weight excluding hydrogens is 752 g/mol. The SMILES string of the molecule is O=C1[C@H](Cc2ccc(O)cc2)N2C(=O)CN(Cc3cc(-c4ccc(Br)cn4)no3)N(C(=O)NCc3ccccc3)[C@H]2CN1Cc1cccc2ncccc12. The topological polar surface area (TPSA) is 148 Å². The van der Waals surface area contributed by atoms with Crippen molar-refractivity contribution in [2.24, 2.45) is 0 Å². The number of urea groups is 1. The number of halogens is 1. The predicted molar refractivity (Wildman–Crippen MR) is 202 cm³/mol. The molecular formula is C40H35BrN8O5. The smallest absolute Gasteiger partial charge is 0.334 e. The molecule has 8 rings (SSSR count). The van der Waals surface area contributed by atoms with E-state index in [2.05, 4.69) is 36.4 Å². The highest BCUT2D eigenvalue weighted by atomic mass is 79.9. The van der Waals surface area contributed by atoms with Crippen LogP contribution in [0.2, 0.25) is 0 Å². The summed E-state index contributed by atoms with van der Waals surface area (Å²) >= 11 is 3.40. The summed E-state index contributed by atoms with van der Waals surface area (Å²) in [5.74, 6) is -0.0409. The number of nitrogens with one attached hydrogen (secondary N) is 1. The lowest BCUT2D eigenvalue weighted by atomic mass is 9.98. The van der Waals surface area contributed by atoms with Crippen LogP contribution in [-0.4, -0.2) is 83.2 Å². The van der Waals surface area contributed by atoms with Crippen molar-refractivity contribution >= 4 is 44.7 Å². The van der Waals surface area contributed by atoms with Gasteiger partial charge in [-0.15, -0.1) is 0 Å². The summed E-state index contributed by atoms with van der Waals surface area (Å²) in [6, 6.07) is 29.8. The molecule has 0 bridgehead atoms. The fourth-order valence-electron chi connectivity index (χ4n) is 7.11. The molecule has 0 radical (unpaired) electrons.